The van der Waals surface area contributed by atoms with Gasteiger partial charge in [-0.3, -0.25) is 10.1 Å². The Balaban J connectivity index is 1.93. The third-order valence-corrected chi connectivity index (χ3v) is 5.15. The van der Waals surface area contributed by atoms with Crippen LogP contribution in [0, 0.1) is 0 Å². The summed E-state index contributed by atoms with van der Waals surface area (Å²) in [6.07, 6.45) is 0.482. The number of halogens is 1. The molecule has 1 aromatic heterocycles. The first kappa shape index (κ1) is 14.5. The quantitative estimate of drug-likeness (QED) is 0.645. The number of rotatable bonds is 2. The summed E-state index contributed by atoms with van der Waals surface area (Å²) in [4.78, 5) is 15.1. The molecule has 0 aliphatic carbocycles. The van der Waals surface area contributed by atoms with Crippen LogP contribution < -0.4 is 5.32 Å². The number of aliphatic carboxylic acids is 1. The van der Waals surface area contributed by atoms with Crippen molar-refractivity contribution in [2.24, 2.45) is 0 Å². The standard InChI is InChI=1S/C18H15BrN2O2/c19-13-7-3-1-6-11(13)16-17-12(9-15(21-16)18(22)23)10-5-2-4-8-14(10)20-17/h1-8,15-16,20-21H,9H2,(H,22,23)/t15-,16-/m1/s1. The number of aromatic amines is 1. The molecule has 0 saturated carbocycles. The smallest absolute Gasteiger partial charge is 0.321 e. The van der Waals surface area contributed by atoms with Crippen LogP contribution >= 0.6 is 15.9 Å². The number of benzene rings is 2. The highest BCUT2D eigenvalue weighted by Gasteiger charge is 2.34. The number of hydrogen-bond donors (Lipinski definition) is 3. The number of hydrogen-bond acceptors (Lipinski definition) is 2. The second kappa shape index (κ2) is 5.51. The summed E-state index contributed by atoms with van der Waals surface area (Å²) >= 11 is 3.58. The highest BCUT2D eigenvalue weighted by molar-refractivity contribution is 9.10. The van der Waals surface area contributed by atoms with E-state index in [9.17, 15) is 9.90 Å². The van der Waals surface area contributed by atoms with Gasteiger partial charge in [0.2, 0.25) is 0 Å². The fraction of sp³-hybridized carbons (Fsp3) is 0.167. The summed E-state index contributed by atoms with van der Waals surface area (Å²) in [6, 6.07) is 15.2. The van der Waals surface area contributed by atoms with Crippen molar-refractivity contribution in [3.8, 4) is 0 Å². The van der Waals surface area contributed by atoms with Gasteiger partial charge in [0.25, 0.3) is 0 Å². The van der Waals surface area contributed by atoms with Gasteiger partial charge in [0, 0.05) is 27.5 Å². The third-order valence-electron chi connectivity index (χ3n) is 4.43. The van der Waals surface area contributed by atoms with E-state index in [0.29, 0.717) is 6.42 Å². The Morgan fingerprint density at radius 2 is 1.87 bits per heavy atom. The van der Waals surface area contributed by atoms with Gasteiger partial charge < -0.3 is 10.1 Å². The zero-order valence-electron chi connectivity index (χ0n) is 12.2. The van der Waals surface area contributed by atoms with E-state index in [1.165, 1.54) is 0 Å². The van der Waals surface area contributed by atoms with E-state index in [1.54, 1.807) is 0 Å². The summed E-state index contributed by atoms with van der Waals surface area (Å²) in [7, 11) is 0. The highest BCUT2D eigenvalue weighted by Crippen LogP contribution is 2.37. The molecular weight excluding hydrogens is 356 g/mol. The van der Waals surface area contributed by atoms with Crippen molar-refractivity contribution in [3.05, 3.63) is 69.8 Å². The van der Waals surface area contributed by atoms with Crippen molar-refractivity contribution in [3.63, 3.8) is 0 Å². The first-order valence-electron chi connectivity index (χ1n) is 7.48. The third kappa shape index (κ3) is 2.36. The minimum atomic E-state index is -0.821. The Morgan fingerprint density at radius 1 is 1.13 bits per heavy atom. The molecule has 4 rings (SSSR count). The second-order valence-corrected chi connectivity index (χ2v) is 6.63. The molecule has 0 bridgehead atoms. The Bertz CT molecular complexity index is 903. The molecule has 116 valence electrons. The fourth-order valence-electron chi connectivity index (χ4n) is 3.35. The number of aromatic nitrogens is 1. The van der Waals surface area contributed by atoms with E-state index in [0.717, 1.165) is 32.2 Å². The van der Waals surface area contributed by atoms with Crippen LogP contribution in [0.5, 0.6) is 0 Å². The van der Waals surface area contributed by atoms with Crippen LogP contribution in [0.1, 0.15) is 22.9 Å². The number of carbonyl (C=O) groups is 1. The minimum absolute atomic E-state index is 0.178. The van der Waals surface area contributed by atoms with E-state index < -0.39 is 12.0 Å². The van der Waals surface area contributed by atoms with Gasteiger partial charge in [-0.2, -0.15) is 0 Å². The van der Waals surface area contributed by atoms with Crippen molar-refractivity contribution >= 4 is 32.8 Å². The maximum Gasteiger partial charge on any atom is 0.321 e. The number of para-hydroxylation sites is 1. The van der Waals surface area contributed by atoms with Crippen LogP contribution in [-0.4, -0.2) is 22.1 Å². The average Bonchev–Trinajstić information content (AvgIpc) is 2.93. The van der Waals surface area contributed by atoms with Gasteiger partial charge >= 0.3 is 5.97 Å². The van der Waals surface area contributed by atoms with Crippen molar-refractivity contribution in [1.29, 1.82) is 0 Å². The van der Waals surface area contributed by atoms with E-state index >= 15 is 0 Å². The van der Waals surface area contributed by atoms with E-state index in [2.05, 4.69) is 26.2 Å². The molecule has 3 N–H and O–H groups in total. The van der Waals surface area contributed by atoms with Crippen LogP contribution in [0.4, 0.5) is 0 Å². The zero-order chi connectivity index (χ0) is 16.0. The van der Waals surface area contributed by atoms with Crippen LogP contribution in [0.3, 0.4) is 0 Å². The lowest BCUT2D eigenvalue weighted by Crippen LogP contribution is -2.45. The first-order valence-corrected chi connectivity index (χ1v) is 8.27. The van der Waals surface area contributed by atoms with Crippen molar-refractivity contribution in [1.82, 2.24) is 10.3 Å². The summed E-state index contributed by atoms with van der Waals surface area (Å²) in [5.41, 5.74) is 4.22. The number of nitrogens with one attached hydrogen (secondary N) is 2. The van der Waals surface area contributed by atoms with Crippen LogP contribution in [0.2, 0.25) is 0 Å². The summed E-state index contributed by atoms with van der Waals surface area (Å²) in [5, 5.41) is 13.9. The normalized spacial score (nSPS) is 20.4. The summed E-state index contributed by atoms with van der Waals surface area (Å²) < 4.78 is 0.966. The van der Waals surface area contributed by atoms with Gasteiger partial charge in [-0.1, -0.05) is 52.3 Å². The minimum Gasteiger partial charge on any atom is -0.480 e. The average molecular weight is 371 g/mol. The van der Waals surface area contributed by atoms with Crippen LogP contribution in [0.15, 0.2) is 53.0 Å². The molecule has 5 heteroatoms. The Hall–Kier alpha value is -2.11. The number of carboxylic acids is 1. The van der Waals surface area contributed by atoms with Crippen molar-refractivity contribution < 1.29 is 9.90 Å². The number of fused-ring (bicyclic) bond motifs is 3. The van der Waals surface area contributed by atoms with Crippen molar-refractivity contribution in [2.45, 2.75) is 18.5 Å². The lowest BCUT2D eigenvalue weighted by molar-refractivity contribution is -0.139. The van der Waals surface area contributed by atoms with Crippen LogP contribution in [0.25, 0.3) is 10.9 Å². The first-order chi connectivity index (χ1) is 11.1. The summed E-state index contributed by atoms with van der Waals surface area (Å²) in [6.45, 7) is 0. The number of H-pyrrole nitrogens is 1. The molecule has 23 heavy (non-hydrogen) atoms. The molecule has 1 aliphatic heterocycles. The van der Waals surface area contributed by atoms with Crippen LogP contribution in [-0.2, 0) is 11.2 Å². The van der Waals surface area contributed by atoms with Gasteiger partial charge in [0.15, 0.2) is 0 Å². The van der Waals surface area contributed by atoms with Gasteiger partial charge in [-0.15, -0.1) is 0 Å². The monoisotopic (exact) mass is 370 g/mol. The molecule has 0 saturated heterocycles. The molecule has 0 radical (unpaired) electrons. The molecule has 2 heterocycles. The molecule has 0 amide bonds. The molecule has 0 spiro atoms. The largest absolute Gasteiger partial charge is 0.480 e. The molecular formula is C18H15BrN2O2. The SMILES string of the molecule is O=C(O)[C@H]1Cc2c([nH]c3ccccc23)[C@@H](c2ccccc2Br)N1. The predicted molar refractivity (Wildman–Crippen MR) is 92.5 cm³/mol. The Morgan fingerprint density at radius 3 is 2.65 bits per heavy atom. The molecule has 3 aromatic rings. The van der Waals surface area contributed by atoms with Gasteiger partial charge in [0.05, 0.1) is 6.04 Å². The van der Waals surface area contributed by atoms with E-state index in [4.69, 9.17) is 0 Å². The van der Waals surface area contributed by atoms with Gasteiger partial charge in [0.1, 0.15) is 6.04 Å². The zero-order valence-corrected chi connectivity index (χ0v) is 13.8. The van der Waals surface area contributed by atoms with E-state index in [1.807, 2.05) is 48.5 Å². The molecule has 0 fully saturated rings. The molecule has 2 aromatic carbocycles. The Kier molecular flexibility index (Phi) is 3.47. The summed E-state index contributed by atoms with van der Waals surface area (Å²) in [5.74, 6) is -0.821. The molecule has 4 nitrogen and oxygen atoms in total. The van der Waals surface area contributed by atoms with Gasteiger partial charge in [-0.05, 0) is 23.3 Å². The van der Waals surface area contributed by atoms with Gasteiger partial charge in [-0.25, -0.2) is 0 Å². The maximum absolute atomic E-state index is 11.6. The Labute approximate surface area is 141 Å². The van der Waals surface area contributed by atoms with E-state index in [-0.39, 0.29) is 6.04 Å². The molecule has 2 atom stereocenters. The molecule has 1 aliphatic rings. The van der Waals surface area contributed by atoms with Crippen molar-refractivity contribution in [2.75, 3.05) is 0 Å². The second-order valence-electron chi connectivity index (χ2n) is 5.78. The lowest BCUT2D eigenvalue weighted by atomic mass is 9.90. The number of carboxylic acid groups (broad SMARTS) is 1. The lowest BCUT2D eigenvalue weighted by Gasteiger charge is -2.30. The predicted octanol–water partition coefficient (Wildman–Crippen LogP) is 3.62. The maximum atomic E-state index is 11.6. The molecule has 0 unspecified atom stereocenters. The topological polar surface area (TPSA) is 65.1 Å². The highest BCUT2D eigenvalue weighted by atomic mass is 79.9. The fourth-order valence-corrected chi connectivity index (χ4v) is 3.86.